The minimum atomic E-state index is -3.78. The Labute approximate surface area is 162 Å². The molecular weight excluding hydrogens is 380 g/mol. The van der Waals surface area contributed by atoms with Crippen LogP contribution in [0.4, 0.5) is 11.4 Å². The van der Waals surface area contributed by atoms with Crippen molar-refractivity contribution in [2.75, 3.05) is 15.9 Å². The molecule has 1 aliphatic rings. The molecule has 1 N–H and O–H groups in total. The molecule has 0 fully saturated rings. The molecule has 0 radical (unpaired) electrons. The molecule has 3 aromatic carbocycles. The predicted molar refractivity (Wildman–Crippen MR) is 110 cm³/mol. The summed E-state index contributed by atoms with van der Waals surface area (Å²) in [4.78, 5) is 14.1. The standard InChI is InChI=1S/C20H18N2O3S2/c1-13(20(23)21-15-9-3-4-11-17(15)26-2)22-16-10-5-7-14-8-6-12-18(19(14)16)27(22,24)25/h3-13H,1-2H3,(H,21,23). The number of sulfonamides is 1. The summed E-state index contributed by atoms with van der Waals surface area (Å²) in [5.74, 6) is -0.370. The van der Waals surface area contributed by atoms with Crippen LogP contribution in [0.25, 0.3) is 10.8 Å². The number of rotatable bonds is 4. The lowest BCUT2D eigenvalue weighted by atomic mass is 10.1. The van der Waals surface area contributed by atoms with E-state index in [1.807, 2.05) is 48.7 Å². The van der Waals surface area contributed by atoms with E-state index >= 15 is 0 Å². The number of hydrogen-bond donors (Lipinski definition) is 1. The van der Waals surface area contributed by atoms with Crippen molar-refractivity contribution in [1.82, 2.24) is 0 Å². The molecule has 1 amide bonds. The maximum Gasteiger partial charge on any atom is 0.265 e. The van der Waals surface area contributed by atoms with Crippen molar-refractivity contribution in [1.29, 1.82) is 0 Å². The number of hydrogen-bond acceptors (Lipinski definition) is 4. The summed E-state index contributed by atoms with van der Waals surface area (Å²) in [6.07, 6.45) is 1.93. The number of nitrogens with zero attached hydrogens (tertiary/aromatic N) is 1. The van der Waals surface area contributed by atoms with E-state index in [1.165, 1.54) is 16.1 Å². The maximum atomic E-state index is 13.1. The van der Waals surface area contributed by atoms with Crippen LogP contribution in [0.3, 0.4) is 0 Å². The van der Waals surface area contributed by atoms with E-state index in [1.54, 1.807) is 25.1 Å². The first kappa shape index (κ1) is 17.9. The van der Waals surface area contributed by atoms with Gasteiger partial charge in [-0.05, 0) is 42.8 Å². The van der Waals surface area contributed by atoms with Crippen LogP contribution in [0.15, 0.2) is 70.5 Å². The molecule has 0 saturated heterocycles. The third kappa shape index (κ3) is 2.78. The Hall–Kier alpha value is -2.51. The van der Waals surface area contributed by atoms with Crippen molar-refractivity contribution in [3.8, 4) is 0 Å². The Morgan fingerprint density at radius 3 is 2.48 bits per heavy atom. The number of carbonyl (C=O) groups is 1. The minimum Gasteiger partial charge on any atom is -0.323 e. The van der Waals surface area contributed by atoms with Gasteiger partial charge in [0.25, 0.3) is 10.0 Å². The lowest BCUT2D eigenvalue weighted by Gasteiger charge is -2.25. The molecule has 7 heteroatoms. The average Bonchev–Trinajstić information content (AvgIpc) is 2.90. The van der Waals surface area contributed by atoms with Crippen molar-refractivity contribution in [2.24, 2.45) is 0 Å². The summed E-state index contributed by atoms with van der Waals surface area (Å²) in [6, 6.07) is 17.2. The Kier molecular flexibility index (Phi) is 4.36. The number of anilines is 2. The zero-order chi connectivity index (χ0) is 19.2. The van der Waals surface area contributed by atoms with Crippen LogP contribution in [-0.2, 0) is 14.8 Å². The molecule has 1 unspecified atom stereocenters. The summed E-state index contributed by atoms with van der Waals surface area (Å²) in [7, 11) is -3.78. The smallest absolute Gasteiger partial charge is 0.265 e. The highest BCUT2D eigenvalue weighted by molar-refractivity contribution is 7.98. The van der Waals surface area contributed by atoms with Gasteiger partial charge in [0, 0.05) is 10.3 Å². The van der Waals surface area contributed by atoms with E-state index in [0.29, 0.717) is 16.8 Å². The van der Waals surface area contributed by atoms with Gasteiger partial charge in [-0.1, -0.05) is 36.4 Å². The fraction of sp³-hybridized carbons (Fsp3) is 0.150. The fourth-order valence-electron chi connectivity index (χ4n) is 3.43. The molecule has 0 bridgehead atoms. The summed E-state index contributed by atoms with van der Waals surface area (Å²) >= 11 is 1.52. The second kappa shape index (κ2) is 6.58. The zero-order valence-electron chi connectivity index (χ0n) is 14.8. The summed E-state index contributed by atoms with van der Waals surface area (Å²) in [6.45, 7) is 1.61. The molecule has 4 rings (SSSR count). The lowest BCUT2D eigenvalue weighted by molar-refractivity contribution is -0.116. The fourth-order valence-corrected chi connectivity index (χ4v) is 5.85. The molecule has 3 aromatic rings. The minimum absolute atomic E-state index is 0.250. The van der Waals surface area contributed by atoms with Gasteiger partial charge >= 0.3 is 0 Å². The van der Waals surface area contributed by atoms with Gasteiger partial charge in [0.15, 0.2) is 0 Å². The Bertz CT molecular complexity index is 1150. The first-order valence-corrected chi connectivity index (χ1v) is 11.1. The molecule has 0 spiro atoms. The van der Waals surface area contributed by atoms with Gasteiger partial charge in [-0.3, -0.25) is 9.10 Å². The van der Waals surface area contributed by atoms with Gasteiger partial charge < -0.3 is 5.32 Å². The van der Waals surface area contributed by atoms with E-state index in [0.717, 1.165) is 10.3 Å². The van der Waals surface area contributed by atoms with Crippen LogP contribution in [-0.4, -0.2) is 26.6 Å². The highest BCUT2D eigenvalue weighted by atomic mass is 32.2. The summed E-state index contributed by atoms with van der Waals surface area (Å²) < 4.78 is 27.5. The van der Waals surface area contributed by atoms with Gasteiger partial charge in [-0.2, -0.15) is 0 Å². The second-order valence-electron chi connectivity index (χ2n) is 6.30. The maximum absolute atomic E-state index is 13.1. The van der Waals surface area contributed by atoms with Crippen molar-refractivity contribution in [2.45, 2.75) is 22.8 Å². The molecule has 0 saturated carbocycles. The molecule has 5 nitrogen and oxygen atoms in total. The Morgan fingerprint density at radius 1 is 1.04 bits per heavy atom. The van der Waals surface area contributed by atoms with E-state index in [4.69, 9.17) is 0 Å². The van der Waals surface area contributed by atoms with Crippen molar-refractivity contribution >= 4 is 49.8 Å². The molecule has 1 atom stereocenters. The lowest BCUT2D eigenvalue weighted by Crippen LogP contribution is -2.44. The van der Waals surface area contributed by atoms with Crippen LogP contribution < -0.4 is 9.62 Å². The summed E-state index contributed by atoms with van der Waals surface area (Å²) in [5.41, 5.74) is 1.22. The molecule has 1 aliphatic heterocycles. The quantitative estimate of drug-likeness (QED) is 0.672. The molecule has 1 heterocycles. The van der Waals surface area contributed by atoms with Gasteiger partial charge in [0.2, 0.25) is 5.91 Å². The monoisotopic (exact) mass is 398 g/mol. The van der Waals surface area contributed by atoms with Gasteiger partial charge in [-0.15, -0.1) is 11.8 Å². The third-order valence-electron chi connectivity index (χ3n) is 4.71. The molecule has 0 aliphatic carbocycles. The largest absolute Gasteiger partial charge is 0.323 e. The number of amides is 1. The van der Waals surface area contributed by atoms with E-state index < -0.39 is 16.1 Å². The Morgan fingerprint density at radius 2 is 1.74 bits per heavy atom. The number of para-hydroxylation sites is 1. The topological polar surface area (TPSA) is 66.5 Å². The highest BCUT2D eigenvalue weighted by Crippen LogP contribution is 2.43. The van der Waals surface area contributed by atoms with Crippen LogP contribution >= 0.6 is 11.8 Å². The van der Waals surface area contributed by atoms with Gasteiger partial charge in [-0.25, -0.2) is 8.42 Å². The van der Waals surface area contributed by atoms with E-state index in [9.17, 15) is 13.2 Å². The summed E-state index contributed by atoms with van der Waals surface area (Å²) in [5, 5.41) is 4.38. The van der Waals surface area contributed by atoms with Crippen LogP contribution in [0.5, 0.6) is 0 Å². The number of thioether (sulfide) groups is 1. The Balaban J connectivity index is 1.73. The van der Waals surface area contributed by atoms with Crippen molar-refractivity contribution < 1.29 is 13.2 Å². The predicted octanol–water partition coefficient (Wildman–Crippen LogP) is 4.10. The van der Waals surface area contributed by atoms with Gasteiger partial charge in [0.1, 0.15) is 6.04 Å². The van der Waals surface area contributed by atoms with Crippen LogP contribution in [0.1, 0.15) is 6.92 Å². The normalized spacial score (nSPS) is 15.7. The highest BCUT2D eigenvalue weighted by Gasteiger charge is 2.40. The molecule has 27 heavy (non-hydrogen) atoms. The molecular formula is C20H18N2O3S2. The first-order valence-electron chi connectivity index (χ1n) is 8.45. The van der Waals surface area contributed by atoms with Gasteiger partial charge in [0.05, 0.1) is 16.3 Å². The van der Waals surface area contributed by atoms with E-state index in [2.05, 4.69) is 5.32 Å². The zero-order valence-corrected chi connectivity index (χ0v) is 16.5. The first-order chi connectivity index (χ1) is 12.9. The second-order valence-corrected chi connectivity index (χ2v) is 8.93. The van der Waals surface area contributed by atoms with Crippen LogP contribution in [0, 0.1) is 0 Å². The van der Waals surface area contributed by atoms with E-state index in [-0.39, 0.29) is 10.8 Å². The number of benzene rings is 3. The average molecular weight is 399 g/mol. The third-order valence-corrected chi connectivity index (χ3v) is 7.44. The number of nitrogens with one attached hydrogen (secondary N) is 1. The van der Waals surface area contributed by atoms with Crippen molar-refractivity contribution in [3.63, 3.8) is 0 Å². The number of carbonyl (C=O) groups excluding carboxylic acids is 1. The van der Waals surface area contributed by atoms with Crippen LogP contribution in [0.2, 0.25) is 0 Å². The molecule has 0 aromatic heterocycles. The SMILES string of the molecule is CSc1ccccc1NC(=O)C(C)N1c2cccc3cccc(c23)S1(=O)=O. The van der Waals surface area contributed by atoms with Crippen molar-refractivity contribution in [3.05, 3.63) is 60.7 Å². The molecule has 138 valence electrons.